The van der Waals surface area contributed by atoms with Gasteiger partial charge in [-0.2, -0.15) is 0 Å². The molecule has 1 atom stereocenters. The van der Waals surface area contributed by atoms with E-state index < -0.39 is 5.60 Å². The Morgan fingerprint density at radius 3 is 2.00 bits per heavy atom. The first-order valence-electron chi connectivity index (χ1n) is 3.90. The van der Waals surface area contributed by atoms with Crippen molar-refractivity contribution in [2.45, 2.75) is 39.2 Å². The second-order valence-corrected chi connectivity index (χ2v) is 3.17. The van der Waals surface area contributed by atoms with E-state index in [0.29, 0.717) is 6.42 Å². The Kier molecular flexibility index (Phi) is 3.91. The molecule has 0 fully saturated rings. The summed E-state index contributed by atoms with van der Waals surface area (Å²) in [6.45, 7) is 5.72. The summed E-state index contributed by atoms with van der Waals surface area (Å²) < 4.78 is 0. The quantitative estimate of drug-likeness (QED) is 0.625. The molecule has 0 bridgehead atoms. The predicted octanol–water partition coefficient (Wildman–Crippen LogP) is 1.17. The zero-order valence-electron chi connectivity index (χ0n) is 7.09. The molecule has 0 aliphatic heterocycles. The molecule has 0 aliphatic carbocycles. The van der Waals surface area contributed by atoms with Gasteiger partial charge in [0.25, 0.3) is 0 Å². The van der Waals surface area contributed by atoms with Crippen LogP contribution in [0.5, 0.6) is 0 Å². The number of aliphatic hydroxyl groups is 2. The van der Waals surface area contributed by atoms with Crippen LogP contribution in [-0.2, 0) is 0 Å². The normalized spacial score (nSPS) is 17.4. The summed E-state index contributed by atoms with van der Waals surface area (Å²) in [5, 5.41) is 18.5. The number of hydrogen-bond donors (Lipinski definition) is 2. The predicted molar refractivity (Wildman–Crippen MR) is 41.8 cm³/mol. The standard InChI is InChI=1S/C8H18O2/c1-4-5-8(10,6-9)7(2)3/h7,9-10H,4-6H2,1-3H3. The van der Waals surface area contributed by atoms with Gasteiger partial charge in [-0.15, -0.1) is 0 Å². The molecule has 1 unspecified atom stereocenters. The fourth-order valence-electron chi connectivity index (χ4n) is 0.983. The van der Waals surface area contributed by atoms with Gasteiger partial charge in [-0.3, -0.25) is 0 Å². The van der Waals surface area contributed by atoms with Crippen LogP contribution in [0.15, 0.2) is 0 Å². The summed E-state index contributed by atoms with van der Waals surface area (Å²) >= 11 is 0. The van der Waals surface area contributed by atoms with Crippen LogP contribution in [0.3, 0.4) is 0 Å². The summed E-state index contributed by atoms with van der Waals surface area (Å²) in [5.74, 6) is 0.137. The van der Waals surface area contributed by atoms with E-state index in [4.69, 9.17) is 5.11 Å². The largest absolute Gasteiger partial charge is 0.393 e. The molecule has 2 nitrogen and oxygen atoms in total. The monoisotopic (exact) mass is 146 g/mol. The molecular formula is C8H18O2. The molecule has 0 amide bonds. The first-order chi connectivity index (χ1) is 4.56. The molecule has 10 heavy (non-hydrogen) atoms. The van der Waals surface area contributed by atoms with Crippen LogP contribution in [0.25, 0.3) is 0 Å². The maximum atomic E-state index is 9.65. The van der Waals surface area contributed by atoms with Crippen LogP contribution in [-0.4, -0.2) is 22.4 Å². The Morgan fingerprint density at radius 2 is 1.90 bits per heavy atom. The number of rotatable bonds is 4. The highest BCUT2D eigenvalue weighted by Gasteiger charge is 2.28. The van der Waals surface area contributed by atoms with Crippen LogP contribution >= 0.6 is 0 Å². The van der Waals surface area contributed by atoms with Crippen LogP contribution in [0, 0.1) is 5.92 Å². The molecule has 0 radical (unpaired) electrons. The third kappa shape index (κ3) is 2.27. The minimum atomic E-state index is -0.852. The highest BCUT2D eigenvalue weighted by atomic mass is 16.3. The lowest BCUT2D eigenvalue weighted by atomic mass is 9.87. The lowest BCUT2D eigenvalue weighted by Gasteiger charge is -2.29. The topological polar surface area (TPSA) is 40.5 Å². The molecule has 2 heteroatoms. The van der Waals surface area contributed by atoms with Crippen molar-refractivity contribution in [3.05, 3.63) is 0 Å². The highest BCUT2D eigenvalue weighted by Crippen LogP contribution is 2.21. The van der Waals surface area contributed by atoms with Crippen LogP contribution < -0.4 is 0 Å². The van der Waals surface area contributed by atoms with Gasteiger partial charge in [0, 0.05) is 0 Å². The molecule has 2 N–H and O–H groups in total. The molecular weight excluding hydrogens is 128 g/mol. The van der Waals surface area contributed by atoms with E-state index in [-0.39, 0.29) is 12.5 Å². The molecule has 0 saturated carbocycles. The molecule has 0 aromatic heterocycles. The second-order valence-electron chi connectivity index (χ2n) is 3.17. The minimum Gasteiger partial charge on any atom is -0.393 e. The number of aliphatic hydroxyl groups excluding tert-OH is 1. The molecule has 0 aliphatic rings. The molecule has 0 heterocycles. The van der Waals surface area contributed by atoms with E-state index >= 15 is 0 Å². The van der Waals surface area contributed by atoms with E-state index in [0.717, 1.165) is 6.42 Å². The van der Waals surface area contributed by atoms with E-state index in [1.807, 2.05) is 20.8 Å². The van der Waals surface area contributed by atoms with Crippen molar-refractivity contribution < 1.29 is 10.2 Å². The van der Waals surface area contributed by atoms with Gasteiger partial charge in [-0.25, -0.2) is 0 Å². The van der Waals surface area contributed by atoms with Crippen molar-refractivity contribution in [1.29, 1.82) is 0 Å². The molecule has 0 spiro atoms. The third-order valence-corrected chi connectivity index (χ3v) is 2.03. The van der Waals surface area contributed by atoms with Gasteiger partial charge in [0.05, 0.1) is 12.2 Å². The Hall–Kier alpha value is -0.0800. The average Bonchev–Trinajstić information content (AvgIpc) is 1.88. The van der Waals surface area contributed by atoms with Crippen molar-refractivity contribution >= 4 is 0 Å². The molecule has 62 valence electrons. The van der Waals surface area contributed by atoms with Crippen molar-refractivity contribution in [2.75, 3.05) is 6.61 Å². The lowest BCUT2D eigenvalue weighted by Crippen LogP contribution is -2.38. The van der Waals surface area contributed by atoms with Gasteiger partial charge < -0.3 is 10.2 Å². The van der Waals surface area contributed by atoms with Gasteiger partial charge in [0.2, 0.25) is 0 Å². The maximum Gasteiger partial charge on any atom is 0.0899 e. The zero-order valence-corrected chi connectivity index (χ0v) is 7.09. The second kappa shape index (κ2) is 3.94. The Morgan fingerprint density at radius 1 is 1.40 bits per heavy atom. The summed E-state index contributed by atoms with van der Waals surface area (Å²) in [7, 11) is 0. The van der Waals surface area contributed by atoms with Gasteiger partial charge in [0.15, 0.2) is 0 Å². The lowest BCUT2D eigenvalue weighted by molar-refractivity contribution is -0.0576. The van der Waals surface area contributed by atoms with Crippen LogP contribution in [0.2, 0.25) is 0 Å². The summed E-state index contributed by atoms with van der Waals surface area (Å²) in [4.78, 5) is 0. The average molecular weight is 146 g/mol. The van der Waals surface area contributed by atoms with Crippen molar-refractivity contribution in [3.63, 3.8) is 0 Å². The third-order valence-electron chi connectivity index (χ3n) is 2.03. The smallest absolute Gasteiger partial charge is 0.0899 e. The Labute approximate surface area is 62.9 Å². The fraction of sp³-hybridized carbons (Fsp3) is 1.00. The van der Waals surface area contributed by atoms with Crippen molar-refractivity contribution in [2.24, 2.45) is 5.92 Å². The summed E-state index contributed by atoms with van der Waals surface area (Å²) in [5.41, 5.74) is -0.852. The number of hydrogen-bond acceptors (Lipinski definition) is 2. The van der Waals surface area contributed by atoms with E-state index in [1.54, 1.807) is 0 Å². The van der Waals surface area contributed by atoms with Crippen LogP contribution in [0.1, 0.15) is 33.6 Å². The summed E-state index contributed by atoms with van der Waals surface area (Å²) in [6.07, 6.45) is 1.59. The summed E-state index contributed by atoms with van der Waals surface area (Å²) in [6, 6.07) is 0. The maximum absolute atomic E-state index is 9.65. The first-order valence-corrected chi connectivity index (χ1v) is 3.90. The molecule has 0 aromatic rings. The highest BCUT2D eigenvalue weighted by molar-refractivity contribution is 4.79. The van der Waals surface area contributed by atoms with Gasteiger partial charge in [-0.05, 0) is 12.3 Å². The van der Waals surface area contributed by atoms with Gasteiger partial charge >= 0.3 is 0 Å². The van der Waals surface area contributed by atoms with Crippen molar-refractivity contribution in [3.8, 4) is 0 Å². The van der Waals surface area contributed by atoms with E-state index in [1.165, 1.54) is 0 Å². The van der Waals surface area contributed by atoms with Crippen molar-refractivity contribution in [1.82, 2.24) is 0 Å². The van der Waals surface area contributed by atoms with E-state index in [9.17, 15) is 5.11 Å². The SMILES string of the molecule is CCCC(O)(CO)C(C)C. The first kappa shape index (κ1) is 9.92. The Balaban J connectivity index is 3.94. The van der Waals surface area contributed by atoms with Gasteiger partial charge in [-0.1, -0.05) is 27.2 Å². The van der Waals surface area contributed by atoms with Gasteiger partial charge in [0.1, 0.15) is 0 Å². The molecule has 0 saturated heterocycles. The fourth-order valence-corrected chi connectivity index (χ4v) is 0.983. The van der Waals surface area contributed by atoms with Crippen LogP contribution in [0.4, 0.5) is 0 Å². The molecule has 0 aromatic carbocycles. The Bertz CT molecular complexity index is 91.3. The molecule has 0 rings (SSSR count). The minimum absolute atomic E-state index is 0.126. The zero-order chi connectivity index (χ0) is 8.20. The van der Waals surface area contributed by atoms with E-state index in [2.05, 4.69) is 0 Å².